The summed E-state index contributed by atoms with van der Waals surface area (Å²) in [6.07, 6.45) is 83.5. The van der Waals surface area contributed by atoms with Crippen molar-refractivity contribution in [3.8, 4) is 0 Å². The quantitative estimate of drug-likeness (QED) is 0.0320. The molecule has 0 aromatic carbocycles. The molecule has 0 heterocycles. The van der Waals surface area contributed by atoms with E-state index in [0.717, 1.165) is 51.4 Å². The van der Waals surface area contributed by atoms with E-state index in [0.29, 0.717) is 19.4 Å². The molecular weight excluding hydrogens is 935 g/mol. The highest BCUT2D eigenvalue weighted by molar-refractivity contribution is 5.76. The van der Waals surface area contributed by atoms with Crippen LogP contribution in [0.3, 0.4) is 0 Å². The van der Waals surface area contributed by atoms with E-state index in [-0.39, 0.29) is 18.5 Å². The smallest absolute Gasteiger partial charge is 0.305 e. The molecule has 0 rings (SSSR count). The standard InChI is InChI=1S/C70H133NO5/c1-3-5-7-9-11-13-15-17-18-19-20-21-26-29-32-35-39-42-46-50-54-58-62-68(73)67(66-72)71-69(74)63-59-55-51-47-43-40-36-33-30-27-24-22-23-25-28-31-34-37-41-45-49-53-57-61-65-76-70(75)64-60-56-52-48-44-38-16-14-12-10-8-6-4-2/h8,10,14,16,58,62,67-68,72-73H,3-7,9,11-13,15,17-57,59-61,63-66H2,1-2H3,(H,71,74)/b10-8-,16-14-,62-58+. The van der Waals surface area contributed by atoms with Crippen LogP contribution in [0, 0.1) is 0 Å². The molecule has 0 bridgehead atoms. The van der Waals surface area contributed by atoms with Crippen molar-refractivity contribution in [1.29, 1.82) is 0 Å². The minimum atomic E-state index is -0.845. The van der Waals surface area contributed by atoms with Crippen LogP contribution in [0.1, 0.15) is 373 Å². The predicted octanol–water partition coefficient (Wildman–Crippen LogP) is 21.9. The number of carbonyl (C=O) groups excluding carboxylic acids is 2. The Hall–Kier alpha value is -1.92. The summed E-state index contributed by atoms with van der Waals surface area (Å²) in [4.78, 5) is 24.6. The Morgan fingerprint density at radius 2 is 0.684 bits per heavy atom. The predicted molar refractivity (Wildman–Crippen MR) is 333 cm³/mol. The van der Waals surface area contributed by atoms with Crippen LogP contribution in [-0.2, 0) is 14.3 Å². The first-order valence-corrected chi connectivity index (χ1v) is 34.3. The summed E-state index contributed by atoms with van der Waals surface area (Å²) in [6, 6.07) is -0.628. The zero-order valence-electron chi connectivity index (χ0n) is 51.3. The molecule has 76 heavy (non-hydrogen) atoms. The van der Waals surface area contributed by atoms with Gasteiger partial charge in [0.15, 0.2) is 0 Å². The molecule has 0 aromatic heterocycles. The van der Waals surface area contributed by atoms with Crippen LogP contribution in [0.15, 0.2) is 36.5 Å². The molecule has 0 aliphatic heterocycles. The average molecular weight is 1070 g/mol. The molecule has 448 valence electrons. The second-order valence-corrected chi connectivity index (χ2v) is 23.5. The number of allylic oxidation sites excluding steroid dienone is 5. The molecule has 0 aromatic rings. The third-order valence-corrected chi connectivity index (χ3v) is 15.9. The summed E-state index contributed by atoms with van der Waals surface area (Å²) in [5.41, 5.74) is 0. The molecule has 0 saturated carbocycles. The van der Waals surface area contributed by atoms with Crippen LogP contribution in [0.2, 0.25) is 0 Å². The first-order valence-electron chi connectivity index (χ1n) is 34.3. The van der Waals surface area contributed by atoms with Gasteiger partial charge in [0.05, 0.1) is 25.4 Å². The van der Waals surface area contributed by atoms with Crippen LogP contribution in [0.25, 0.3) is 0 Å². The fourth-order valence-corrected chi connectivity index (χ4v) is 10.7. The normalized spacial score (nSPS) is 12.7. The Bertz CT molecular complexity index is 1230. The summed E-state index contributed by atoms with van der Waals surface area (Å²) < 4.78 is 5.47. The number of esters is 1. The van der Waals surface area contributed by atoms with E-state index >= 15 is 0 Å². The molecule has 0 aliphatic rings. The third-order valence-electron chi connectivity index (χ3n) is 15.9. The topological polar surface area (TPSA) is 95.9 Å². The van der Waals surface area contributed by atoms with Crippen LogP contribution in [-0.4, -0.2) is 47.4 Å². The number of unbranched alkanes of at least 4 members (excludes halogenated alkanes) is 49. The van der Waals surface area contributed by atoms with Gasteiger partial charge in [0.25, 0.3) is 0 Å². The van der Waals surface area contributed by atoms with E-state index in [9.17, 15) is 19.8 Å². The first-order chi connectivity index (χ1) is 37.5. The second kappa shape index (κ2) is 65.6. The van der Waals surface area contributed by atoms with Crippen LogP contribution in [0.4, 0.5) is 0 Å². The molecule has 0 saturated heterocycles. The van der Waals surface area contributed by atoms with Crippen molar-refractivity contribution < 1.29 is 24.5 Å². The van der Waals surface area contributed by atoms with Crippen molar-refractivity contribution in [3.05, 3.63) is 36.5 Å². The summed E-state index contributed by atoms with van der Waals surface area (Å²) in [5, 5.41) is 23.3. The molecule has 3 N–H and O–H groups in total. The van der Waals surface area contributed by atoms with Gasteiger partial charge in [-0.15, -0.1) is 0 Å². The molecule has 6 nitrogen and oxygen atoms in total. The number of rotatable bonds is 64. The number of hydrogen-bond acceptors (Lipinski definition) is 5. The van der Waals surface area contributed by atoms with Gasteiger partial charge >= 0.3 is 5.97 Å². The largest absolute Gasteiger partial charge is 0.466 e. The van der Waals surface area contributed by atoms with Gasteiger partial charge in [-0.2, -0.15) is 0 Å². The lowest BCUT2D eigenvalue weighted by molar-refractivity contribution is -0.143. The van der Waals surface area contributed by atoms with Crippen molar-refractivity contribution in [3.63, 3.8) is 0 Å². The van der Waals surface area contributed by atoms with Crippen LogP contribution >= 0.6 is 0 Å². The number of ether oxygens (including phenoxy) is 1. The van der Waals surface area contributed by atoms with Gasteiger partial charge in [0, 0.05) is 12.8 Å². The van der Waals surface area contributed by atoms with Gasteiger partial charge in [-0.3, -0.25) is 9.59 Å². The molecule has 0 spiro atoms. The molecule has 1 amide bonds. The highest BCUT2D eigenvalue weighted by Crippen LogP contribution is 2.19. The molecule has 2 unspecified atom stereocenters. The molecule has 0 aliphatic carbocycles. The van der Waals surface area contributed by atoms with Gasteiger partial charge in [0.2, 0.25) is 5.91 Å². The SMILES string of the molecule is CCC/C=C\C/C=C\CCCCCCCC(=O)OCCCCCCCCCCCCCCCCCCCCCCCCCCC(=O)NC(CO)C(O)/C=C/CCCCCCCCCCCCCCCCCCCCCC. The van der Waals surface area contributed by atoms with Crippen LogP contribution < -0.4 is 5.32 Å². The minimum Gasteiger partial charge on any atom is -0.466 e. The summed E-state index contributed by atoms with van der Waals surface area (Å²) in [7, 11) is 0. The molecule has 0 radical (unpaired) electrons. The highest BCUT2D eigenvalue weighted by Gasteiger charge is 2.18. The van der Waals surface area contributed by atoms with E-state index in [4.69, 9.17) is 4.74 Å². The second-order valence-electron chi connectivity index (χ2n) is 23.5. The Kier molecular flexibility index (Phi) is 63.9. The van der Waals surface area contributed by atoms with Crippen molar-refractivity contribution in [2.75, 3.05) is 13.2 Å². The molecular formula is C70H133NO5. The van der Waals surface area contributed by atoms with Gasteiger partial charge in [0.1, 0.15) is 0 Å². The average Bonchev–Trinajstić information content (AvgIpc) is 3.42. The number of aliphatic hydroxyl groups excluding tert-OH is 2. The van der Waals surface area contributed by atoms with E-state index < -0.39 is 12.1 Å². The van der Waals surface area contributed by atoms with Gasteiger partial charge in [-0.05, 0) is 57.8 Å². The highest BCUT2D eigenvalue weighted by atomic mass is 16.5. The fraction of sp³-hybridized carbons (Fsp3) is 0.886. The maximum absolute atomic E-state index is 12.5. The first kappa shape index (κ1) is 74.1. The lowest BCUT2D eigenvalue weighted by Gasteiger charge is -2.20. The van der Waals surface area contributed by atoms with E-state index in [1.54, 1.807) is 6.08 Å². The number of amides is 1. The number of carbonyl (C=O) groups is 2. The van der Waals surface area contributed by atoms with Crippen LogP contribution in [0.5, 0.6) is 0 Å². The van der Waals surface area contributed by atoms with Gasteiger partial charge < -0.3 is 20.3 Å². The number of nitrogens with one attached hydrogen (secondary N) is 1. The monoisotopic (exact) mass is 1070 g/mol. The lowest BCUT2D eigenvalue weighted by Crippen LogP contribution is -2.45. The van der Waals surface area contributed by atoms with Crippen molar-refractivity contribution in [1.82, 2.24) is 5.32 Å². The maximum Gasteiger partial charge on any atom is 0.305 e. The van der Waals surface area contributed by atoms with Gasteiger partial charge in [-0.25, -0.2) is 0 Å². The zero-order valence-corrected chi connectivity index (χ0v) is 51.3. The number of aliphatic hydroxyl groups is 2. The Morgan fingerprint density at radius 1 is 0.368 bits per heavy atom. The molecule has 6 heteroatoms. The molecule has 0 fully saturated rings. The summed E-state index contributed by atoms with van der Waals surface area (Å²) in [6.45, 7) is 4.87. The Balaban J connectivity index is 3.40. The Labute approximate surface area is 474 Å². The van der Waals surface area contributed by atoms with Crippen molar-refractivity contribution in [2.24, 2.45) is 0 Å². The van der Waals surface area contributed by atoms with Crippen molar-refractivity contribution in [2.45, 2.75) is 386 Å². The third kappa shape index (κ3) is 61.3. The number of hydrogen-bond donors (Lipinski definition) is 3. The maximum atomic E-state index is 12.5. The zero-order chi connectivity index (χ0) is 55.0. The molecule has 2 atom stereocenters. The van der Waals surface area contributed by atoms with Crippen molar-refractivity contribution >= 4 is 11.9 Å². The summed E-state index contributed by atoms with van der Waals surface area (Å²) in [5.74, 6) is -0.0634. The summed E-state index contributed by atoms with van der Waals surface area (Å²) >= 11 is 0. The van der Waals surface area contributed by atoms with Gasteiger partial charge in [-0.1, -0.05) is 339 Å². The minimum absolute atomic E-state index is 0.0000388. The lowest BCUT2D eigenvalue weighted by atomic mass is 10.0. The Morgan fingerprint density at radius 3 is 1.05 bits per heavy atom. The fourth-order valence-electron chi connectivity index (χ4n) is 10.7. The van der Waals surface area contributed by atoms with E-state index in [2.05, 4.69) is 43.5 Å². The van der Waals surface area contributed by atoms with E-state index in [1.165, 1.54) is 295 Å². The van der Waals surface area contributed by atoms with E-state index in [1.807, 2.05) is 6.08 Å².